The largest absolute Gasteiger partial charge is 0.245 e. The number of aromatic nitrogens is 1. The highest BCUT2D eigenvalue weighted by Crippen LogP contribution is 2.19. The number of thiazole rings is 1. The van der Waals surface area contributed by atoms with Gasteiger partial charge in [0.05, 0.1) is 15.7 Å². The van der Waals surface area contributed by atoms with E-state index in [1.807, 2.05) is 17.6 Å². The molecule has 0 spiro atoms. The third-order valence-corrected chi connectivity index (χ3v) is 2.67. The number of rotatable bonds is 1. The number of fused-ring (bicyclic) bond motifs is 1. The van der Waals surface area contributed by atoms with E-state index < -0.39 is 0 Å². The van der Waals surface area contributed by atoms with E-state index >= 15 is 0 Å². The molecule has 3 heteroatoms. The summed E-state index contributed by atoms with van der Waals surface area (Å²) < 4.78 is 1.22. The lowest BCUT2D eigenvalue weighted by molar-refractivity contribution is 1.40. The summed E-state index contributed by atoms with van der Waals surface area (Å²) in [5.74, 6) is 0.563. The molecule has 0 amide bonds. The quantitative estimate of drug-likeness (QED) is 0.620. The Labute approximate surface area is 73.6 Å². The van der Waals surface area contributed by atoms with Crippen LogP contribution >= 0.6 is 22.9 Å². The van der Waals surface area contributed by atoms with Gasteiger partial charge >= 0.3 is 0 Å². The Morgan fingerprint density at radius 3 is 3.18 bits per heavy atom. The first-order valence-corrected chi connectivity index (χ1v) is 4.69. The smallest absolute Gasteiger partial charge is 0.0815 e. The van der Waals surface area contributed by atoms with Gasteiger partial charge in [-0.2, -0.15) is 0 Å². The van der Waals surface area contributed by atoms with Crippen LogP contribution in [0.2, 0.25) is 0 Å². The van der Waals surface area contributed by atoms with E-state index in [1.54, 1.807) is 11.3 Å². The molecule has 0 aliphatic heterocycles. The first kappa shape index (κ1) is 7.07. The van der Waals surface area contributed by atoms with Gasteiger partial charge in [-0.3, -0.25) is 0 Å². The van der Waals surface area contributed by atoms with Crippen LogP contribution in [0.4, 0.5) is 0 Å². The molecule has 2 aromatic rings. The van der Waals surface area contributed by atoms with Gasteiger partial charge in [0.1, 0.15) is 0 Å². The number of alkyl halides is 1. The molecule has 1 heterocycles. The fourth-order valence-electron chi connectivity index (χ4n) is 0.987. The number of hydrogen-bond donors (Lipinski definition) is 0. The van der Waals surface area contributed by atoms with Crippen molar-refractivity contribution < 1.29 is 0 Å². The molecule has 11 heavy (non-hydrogen) atoms. The third-order valence-electron chi connectivity index (χ3n) is 1.55. The lowest BCUT2D eigenvalue weighted by atomic mass is 10.2. The van der Waals surface area contributed by atoms with E-state index in [-0.39, 0.29) is 0 Å². The zero-order chi connectivity index (χ0) is 7.68. The maximum absolute atomic E-state index is 5.67. The van der Waals surface area contributed by atoms with Crippen LogP contribution in [0.1, 0.15) is 5.56 Å². The van der Waals surface area contributed by atoms with E-state index in [4.69, 9.17) is 11.6 Å². The van der Waals surface area contributed by atoms with Gasteiger partial charge in [0, 0.05) is 5.88 Å². The molecule has 1 nitrogen and oxygen atoms in total. The fraction of sp³-hybridized carbons (Fsp3) is 0.125. The van der Waals surface area contributed by atoms with Crippen molar-refractivity contribution in [1.82, 2.24) is 4.98 Å². The van der Waals surface area contributed by atoms with Crippen molar-refractivity contribution in [3.8, 4) is 0 Å². The van der Waals surface area contributed by atoms with Gasteiger partial charge in [0.25, 0.3) is 0 Å². The number of halogens is 1. The van der Waals surface area contributed by atoms with Crippen molar-refractivity contribution in [2.75, 3.05) is 0 Å². The second kappa shape index (κ2) is 2.80. The Morgan fingerprint density at radius 1 is 1.45 bits per heavy atom. The summed E-state index contributed by atoms with van der Waals surface area (Å²) in [6.07, 6.45) is 0. The van der Waals surface area contributed by atoms with Crippen LogP contribution in [0.3, 0.4) is 0 Å². The molecule has 0 saturated carbocycles. The van der Waals surface area contributed by atoms with Crippen molar-refractivity contribution >= 4 is 33.2 Å². The molecule has 0 aliphatic rings. The Balaban J connectivity index is 2.67. The summed E-state index contributed by atoms with van der Waals surface area (Å²) in [7, 11) is 0. The number of benzene rings is 1. The second-order valence-corrected chi connectivity index (χ2v) is 3.44. The lowest BCUT2D eigenvalue weighted by Crippen LogP contribution is -1.75. The average Bonchev–Trinajstić information content (AvgIpc) is 2.50. The van der Waals surface area contributed by atoms with Gasteiger partial charge in [-0.1, -0.05) is 6.07 Å². The maximum Gasteiger partial charge on any atom is 0.0815 e. The topological polar surface area (TPSA) is 12.9 Å². The molecule has 56 valence electrons. The minimum atomic E-state index is 0.563. The van der Waals surface area contributed by atoms with Crippen LogP contribution < -0.4 is 0 Å². The molecule has 1 aromatic heterocycles. The standard InChI is InChI=1S/C8H6ClNS/c9-4-6-1-2-8-7(3-6)10-5-11-8/h1-3,5H,4H2. The summed E-state index contributed by atoms with van der Waals surface area (Å²) in [6, 6.07) is 6.12. The molecule has 0 fully saturated rings. The number of hydrogen-bond acceptors (Lipinski definition) is 2. The van der Waals surface area contributed by atoms with E-state index in [0.717, 1.165) is 11.1 Å². The summed E-state index contributed by atoms with van der Waals surface area (Å²) in [5, 5.41) is 0. The lowest BCUT2D eigenvalue weighted by Gasteiger charge is -1.92. The highest BCUT2D eigenvalue weighted by atomic mass is 35.5. The van der Waals surface area contributed by atoms with E-state index in [1.165, 1.54) is 4.70 Å². The average molecular weight is 184 g/mol. The first-order valence-electron chi connectivity index (χ1n) is 3.28. The zero-order valence-corrected chi connectivity index (χ0v) is 7.32. The van der Waals surface area contributed by atoms with Crippen LogP contribution in [0.25, 0.3) is 10.2 Å². The zero-order valence-electron chi connectivity index (χ0n) is 5.75. The SMILES string of the molecule is ClCc1ccc2scnc2c1. The van der Waals surface area contributed by atoms with Gasteiger partial charge in [0.2, 0.25) is 0 Å². The maximum atomic E-state index is 5.67. The minimum absolute atomic E-state index is 0.563. The molecule has 0 aliphatic carbocycles. The van der Waals surface area contributed by atoms with Crippen LogP contribution in [-0.2, 0) is 5.88 Å². The van der Waals surface area contributed by atoms with Gasteiger partial charge in [-0.05, 0) is 17.7 Å². The highest BCUT2D eigenvalue weighted by molar-refractivity contribution is 7.16. The Hall–Kier alpha value is -0.600. The van der Waals surface area contributed by atoms with Gasteiger partial charge in [-0.25, -0.2) is 4.98 Å². The molecule has 0 bridgehead atoms. The van der Waals surface area contributed by atoms with Crippen molar-refractivity contribution in [2.45, 2.75) is 5.88 Å². The van der Waals surface area contributed by atoms with E-state index in [9.17, 15) is 0 Å². The molecule has 0 radical (unpaired) electrons. The summed E-state index contributed by atoms with van der Waals surface area (Å²) in [4.78, 5) is 4.19. The molecule has 1 aromatic carbocycles. The Bertz CT molecular complexity index is 369. The van der Waals surface area contributed by atoms with Crippen molar-refractivity contribution in [3.63, 3.8) is 0 Å². The minimum Gasteiger partial charge on any atom is -0.245 e. The summed E-state index contributed by atoms with van der Waals surface area (Å²) in [5.41, 5.74) is 4.03. The molecule has 0 unspecified atom stereocenters. The monoisotopic (exact) mass is 183 g/mol. The van der Waals surface area contributed by atoms with Crippen LogP contribution in [0.15, 0.2) is 23.7 Å². The third kappa shape index (κ3) is 1.24. The predicted octanol–water partition coefficient (Wildman–Crippen LogP) is 3.04. The van der Waals surface area contributed by atoms with Crippen LogP contribution in [-0.4, -0.2) is 4.98 Å². The van der Waals surface area contributed by atoms with Gasteiger partial charge < -0.3 is 0 Å². The summed E-state index contributed by atoms with van der Waals surface area (Å²) >= 11 is 7.32. The number of nitrogens with zero attached hydrogens (tertiary/aromatic N) is 1. The van der Waals surface area contributed by atoms with Crippen LogP contribution in [0, 0.1) is 0 Å². The highest BCUT2D eigenvalue weighted by Gasteiger charge is 1.96. The fourth-order valence-corrected chi connectivity index (χ4v) is 1.81. The van der Waals surface area contributed by atoms with E-state index in [0.29, 0.717) is 5.88 Å². The predicted molar refractivity (Wildman–Crippen MR) is 49.2 cm³/mol. The van der Waals surface area contributed by atoms with Crippen molar-refractivity contribution in [3.05, 3.63) is 29.3 Å². The first-order chi connectivity index (χ1) is 5.40. The van der Waals surface area contributed by atoms with E-state index in [2.05, 4.69) is 11.1 Å². The molecule has 0 N–H and O–H groups in total. The normalized spacial score (nSPS) is 10.6. The van der Waals surface area contributed by atoms with Crippen molar-refractivity contribution in [2.24, 2.45) is 0 Å². The van der Waals surface area contributed by atoms with Gasteiger partial charge in [0.15, 0.2) is 0 Å². The van der Waals surface area contributed by atoms with Gasteiger partial charge in [-0.15, -0.1) is 22.9 Å². The summed E-state index contributed by atoms with van der Waals surface area (Å²) in [6.45, 7) is 0. The Morgan fingerprint density at radius 2 is 2.36 bits per heavy atom. The van der Waals surface area contributed by atoms with Crippen molar-refractivity contribution in [1.29, 1.82) is 0 Å². The Kier molecular flexibility index (Phi) is 1.80. The molecule has 0 atom stereocenters. The molecular weight excluding hydrogens is 178 g/mol. The molecule has 0 saturated heterocycles. The second-order valence-electron chi connectivity index (χ2n) is 2.29. The molecular formula is C8H6ClNS. The van der Waals surface area contributed by atoms with Crippen LogP contribution in [0.5, 0.6) is 0 Å². The molecule has 2 rings (SSSR count).